The molecule has 2 N–H and O–H groups in total. The van der Waals surface area contributed by atoms with E-state index >= 15 is 0 Å². The number of halogens is 3. The molecule has 2 rings (SSSR count). The SMILES string of the molecule is CC1CCCCC1OCCNC(=O)NCc1ccccc1OC(F)(F)F. The van der Waals surface area contributed by atoms with Gasteiger partial charge in [-0.15, -0.1) is 13.2 Å². The lowest BCUT2D eigenvalue weighted by atomic mass is 9.88. The summed E-state index contributed by atoms with van der Waals surface area (Å²) in [6.07, 6.45) is 0.0802. The van der Waals surface area contributed by atoms with Crippen molar-refractivity contribution in [2.24, 2.45) is 5.92 Å². The summed E-state index contributed by atoms with van der Waals surface area (Å²) in [7, 11) is 0. The Morgan fingerprint density at radius 3 is 2.65 bits per heavy atom. The number of nitrogens with one attached hydrogen (secondary N) is 2. The number of carbonyl (C=O) groups excluding carboxylic acids is 1. The molecule has 1 aliphatic carbocycles. The third kappa shape index (κ3) is 7.11. The van der Waals surface area contributed by atoms with Gasteiger partial charge in [0, 0.05) is 18.7 Å². The summed E-state index contributed by atoms with van der Waals surface area (Å²) >= 11 is 0. The number of carbonyl (C=O) groups is 1. The zero-order chi connectivity index (χ0) is 19.0. The highest BCUT2D eigenvalue weighted by Gasteiger charge is 2.32. The highest BCUT2D eigenvalue weighted by molar-refractivity contribution is 5.73. The zero-order valence-electron chi connectivity index (χ0n) is 14.8. The first kappa shape index (κ1) is 20.4. The Morgan fingerprint density at radius 1 is 1.19 bits per heavy atom. The molecule has 1 aliphatic rings. The van der Waals surface area contributed by atoms with E-state index in [4.69, 9.17) is 4.74 Å². The van der Waals surface area contributed by atoms with Gasteiger partial charge < -0.3 is 20.1 Å². The van der Waals surface area contributed by atoms with Crippen molar-refractivity contribution in [1.82, 2.24) is 10.6 Å². The molecule has 0 bridgehead atoms. The van der Waals surface area contributed by atoms with Crippen LogP contribution in [0.5, 0.6) is 5.75 Å². The fourth-order valence-electron chi connectivity index (χ4n) is 3.02. The van der Waals surface area contributed by atoms with Crippen LogP contribution in [0, 0.1) is 5.92 Å². The molecule has 1 aromatic rings. The minimum atomic E-state index is -4.77. The van der Waals surface area contributed by atoms with Crippen LogP contribution in [0.1, 0.15) is 38.2 Å². The van der Waals surface area contributed by atoms with Crippen molar-refractivity contribution in [2.45, 2.75) is 51.6 Å². The van der Waals surface area contributed by atoms with E-state index in [0.717, 1.165) is 12.8 Å². The van der Waals surface area contributed by atoms with Crippen LogP contribution >= 0.6 is 0 Å². The van der Waals surface area contributed by atoms with Gasteiger partial charge in [0.1, 0.15) is 5.75 Å². The molecule has 0 aliphatic heterocycles. The van der Waals surface area contributed by atoms with Crippen LogP contribution in [0.2, 0.25) is 0 Å². The highest BCUT2D eigenvalue weighted by atomic mass is 19.4. The highest BCUT2D eigenvalue weighted by Crippen LogP contribution is 2.26. The van der Waals surface area contributed by atoms with Gasteiger partial charge >= 0.3 is 12.4 Å². The van der Waals surface area contributed by atoms with Crippen LogP contribution in [-0.2, 0) is 11.3 Å². The molecule has 2 atom stereocenters. The molecule has 146 valence electrons. The Kier molecular flexibility index (Phi) is 7.56. The summed E-state index contributed by atoms with van der Waals surface area (Å²) in [5.74, 6) is 0.206. The van der Waals surface area contributed by atoms with E-state index < -0.39 is 12.4 Å². The van der Waals surface area contributed by atoms with E-state index in [1.54, 1.807) is 6.07 Å². The van der Waals surface area contributed by atoms with E-state index in [2.05, 4.69) is 22.3 Å². The Hall–Kier alpha value is -1.96. The van der Waals surface area contributed by atoms with Crippen LogP contribution in [0.3, 0.4) is 0 Å². The molecule has 8 heteroatoms. The largest absolute Gasteiger partial charge is 0.573 e. The average Bonchev–Trinajstić information content (AvgIpc) is 2.58. The number of benzene rings is 1. The van der Waals surface area contributed by atoms with Crippen LogP contribution < -0.4 is 15.4 Å². The van der Waals surface area contributed by atoms with Gasteiger partial charge in [0.25, 0.3) is 0 Å². The second kappa shape index (κ2) is 9.66. The van der Waals surface area contributed by atoms with Crippen molar-refractivity contribution in [1.29, 1.82) is 0 Å². The van der Waals surface area contributed by atoms with E-state index in [9.17, 15) is 18.0 Å². The van der Waals surface area contributed by atoms with Crippen molar-refractivity contribution in [3.63, 3.8) is 0 Å². The molecule has 2 unspecified atom stereocenters. The molecule has 1 fully saturated rings. The lowest BCUT2D eigenvalue weighted by molar-refractivity contribution is -0.274. The van der Waals surface area contributed by atoms with E-state index in [-0.39, 0.29) is 24.0 Å². The van der Waals surface area contributed by atoms with Crippen LogP contribution in [-0.4, -0.2) is 31.6 Å². The summed E-state index contributed by atoms with van der Waals surface area (Å²) in [6, 6.07) is 5.23. The van der Waals surface area contributed by atoms with E-state index in [1.807, 2.05) is 0 Å². The molecule has 26 heavy (non-hydrogen) atoms. The van der Waals surface area contributed by atoms with Gasteiger partial charge in [-0.25, -0.2) is 4.79 Å². The van der Waals surface area contributed by atoms with Gasteiger partial charge in [-0.05, 0) is 24.8 Å². The van der Waals surface area contributed by atoms with Crippen LogP contribution in [0.25, 0.3) is 0 Å². The van der Waals surface area contributed by atoms with Crippen LogP contribution in [0.4, 0.5) is 18.0 Å². The third-order valence-electron chi connectivity index (χ3n) is 4.39. The topological polar surface area (TPSA) is 59.6 Å². The molecule has 0 saturated heterocycles. The zero-order valence-corrected chi connectivity index (χ0v) is 14.8. The summed E-state index contributed by atoms with van der Waals surface area (Å²) in [5, 5.41) is 5.16. The molecular weight excluding hydrogens is 349 g/mol. The maximum atomic E-state index is 12.4. The lowest BCUT2D eigenvalue weighted by Crippen LogP contribution is -2.38. The van der Waals surface area contributed by atoms with Crippen molar-refractivity contribution in [3.05, 3.63) is 29.8 Å². The standard InChI is InChI=1S/C18H25F3N2O3/c1-13-6-2-4-8-15(13)25-11-10-22-17(24)23-12-14-7-3-5-9-16(14)26-18(19,20)21/h3,5,7,9,13,15H,2,4,6,8,10-12H2,1H3,(H2,22,23,24). The Morgan fingerprint density at radius 2 is 1.92 bits per heavy atom. The second-order valence-electron chi connectivity index (χ2n) is 6.44. The van der Waals surface area contributed by atoms with Crippen molar-refractivity contribution in [2.75, 3.05) is 13.2 Å². The Bertz CT molecular complexity index is 581. The maximum Gasteiger partial charge on any atom is 0.573 e. The smallest absolute Gasteiger partial charge is 0.405 e. The number of hydrogen-bond donors (Lipinski definition) is 2. The summed E-state index contributed by atoms with van der Waals surface area (Å²) < 4.78 is 46.9. The number of urea groups is 1. The third-order valence-corrected chi connectivity index (χ3v) is 4.39. The predicted octanol–water partition coefficient (Wildman–Crippen LogP) is 3.98. The quantitative estimate of drug-likeness (QED) is 0.710. The molecule has 0 radical (unpaired) electrons. The lowest BCUT2D eigenvalue weighted by Gasteiger charge is -2.28. The van der Waals surface area contributed by atoms with E-state index in [0.29, 0.717) is 19.1 Å². The number of ether oxygens (including phenoxy) is 2. The predicted molar refractivity (Wildman–Crippen MR) is 90.7 cm³/mol. The maximum absolute atomic E-state index is 12.4. The summed E-state index contributed by atoms with van der Waals surface area (Å²) in [6.45, 7) is 2.86. The molecule has 0 aromatic heterocycles. The van der Waals surface area contributed by atoms with E-state index in [1.165, 1.54) is 31.0 Å². The fraction of sp³-hybridized carbons (Fsp3) is 0.611. The summed E-state index contributed by atoms with van der Waals surface area (Å²) in [5.41, 5.74) is 0.243. The monoisotopic (exact) mass is 374 g/mol. The van der Waals surface area contributed by atoms with Gasteiger partial charge in [0.2, 0.25) is 0 Å². The molecule has 1 saturated carbocycles. The van der Waals surface area contributed by atoms with Gasteiger partial charge in [-0.1, -0.05) is 38.0 Å². The molecule has 5 nitrogen and oxygen atoms in total. The molecule has 0 spiro atoms. The number of hydrogen-bond acceptors (Lipinski definition) is 3. The molecular formula is C18H25F3N2O3. The molecule has 1 aromatic carbocycles. The number of alkyl halides is 3. The van der Waals surface area contributed by atoms with Gasteiger partial charge in [-0.3, -0.25) is 0 Å². The summed E-state index contributed by atoms with van der Waals surface area (Å²) in [4.78, 5) is 11.8. The minimum Gasteiger partial charge on any atom is -0.405 e. The van der Waals surface area contributed by atoms with Gasteiger partial charge in [0.05, 0.1) is 12.7 Å². The first-order chi connectivity index (χ1) is 12.3. The van der Waals surface area contributed by atoms with Crippen molar-refractivity contribution < 1.29 is 27.4 Å². The number of para-hydroxylation sites is 1. The Labute approximate surface area is 151 Å². The van der Waals surface area contributed by atoms with Crippen molar-refractivity contribution >= 4 is 6.03 Å². The Balaban J connectivity index is 1.69. The average molecular weight is 374 g/mol. The number of rotatable bonds is 7. The first-order valence-corrected chi connectivity index (χ1v) is 8.82. The normalized spacial score (nSPS) is 20.5. The van der Waals surface area contributed by atoms with Gasteiger partial charge in [-0.2, -0.15) is 0 Å². The molecule has 0 heterocycles. The van der Waals surface area contributed by atoms with Crippen LogP contribution in [0.15, 0.2) is 24.3 Å². The second-order valence-corrected chi connectivity index (χ2v) is 6.44. The number of amides is 2. The first-order valence-electron chi connectivity index (χ1n) is 8.82. The van der Waals surface area contributed by atoms with Gasteiger partial charge in [0.15, 0.2) is 0 Å². The fourth-order valence-corrected chi connectivity index (χ4v) is 3.02. The molecule has 2 amide bonds. The minimum absolute atomic E-state index is 0.0708. The van der Waals surface area contributed by atoms with Crippen molar-refractivity contribution in [3.8, 4) is 5.75 Å².